The number of nitriles is 1. The van der Waals surface area contributed by atoms with Crippen LogP contribution in [0.2, 0.25) is 0 Å². The fourth-order valence-electron chi connectivity index (χ4n) is 3.45. The third-order valence-corrected chi connectivity index (χ3v) is 6.50. The highest BCUT2D eigenvalue weighted by molar-refractivity contribution is 7.93. The molecule has 164 valence electrons. The minimum absolute atomic E-state index is 0.0954. The summed E-state index contributed by atoms with van der Waals surface area (Å²) in [5, 5.41) is 12.4. The Kier molecular flexibility index (Phi) is 6.07. The number of hydrogen-bond donors (Lipinski definition) is 2. The average molecular weight is 457 g/mol. The van der Waals surface area contributed by atoms with Crippen molar-refractivity contribution in [3.63, 3.8) is 0 Å². The van der Waals surface area contributed by atoms with E-state index in [-0.39, 0.29) is 17.2 Å². The molecule has 0 atom stereocenters. The maximum atomic E-state index is 13.0. The summed E-state index contributed by atoms with van der Waals surface area (Å²) in [5.41, 5.74) is 3.40. The molecule has 0 bridgehead atoms. The Bertz CT molecular complexity index is 1490. The van der Waals surface area contributed by atoms with Crippen molar-refractivity contribution < 1.29 is 13.2 Å². The Morgan fingerprint density at radius 3 is 2.52 bits per heavy atom. The Balaban J connectivity index is 1.49. The van der Waals surface area contributed by atoms with Crippen LogP contribution in [0, 0.1) is 18.3 Å². The Hall–Kier alpha value is -4.22. The van der Waals surface area contributed by atoms with Crippen molar-refractivity contribution in [1.82, 2.24) is 4.98 Å². The predicted octanol–water partition coefficient (Wildman–Crippen LogP) is 4.40. The molecule has 0 aliphatic rings. The van der Waals surface area contributed by atoms with Gasteiger partial charge in [-0.05, 0) is 60.5 Å². The molecule has 4 aromatic rings. The molecule has 0 aliphatic carbocycles. The molecule has 0 saturated heterocycles. The Labute approximate surface area is 191 Å². The molecule has 0 saturated carbocycles. The van der Waals surface area contributed by atoms with E-state index in [1.165, 1.54) is 6.07 Å². The van der Waals surface area contributed by atoms with Crippen LogP contribution >= 0.6 is 0 Å². The molecule has 0 radical (unpaired) electrons. The van der Waals surface area contributed by atoms with E-state index in [1.54, 1.807) is 79.9 Å². The van der Waals surface area contributed by atoms with Crippen LogP contribution in [0.1, 0.15) is 16.7 Å². The summed E-state index contributed by atoms with van der Waals surface area (Å²) in [6.07, 6.45) is 1.72. The monoisotopic (exact) mass is 456 g/mol. The van der Waals surface area contributed by atoms with E-state index in [0.29, 0.717) is 28.0 Å². The third-order valence-electron chi connectivity index (χ3n) is 5.09. The zero-order chi connectivity index (χ0) is 23.4. The van der Waals surface area contributed by atoms with Gasteiger partial charge in [0.05, 0.1) is 23.6 Å². The first-order valence-corrected chi connectivity index (χ1v) is 11.6. The Morgan fingerprint density at radius 2 is 1.79 bits per heavy atom. The largest absolute Gasteiger partial charge is 0.326 e. The van der Waals surface area contributed by atoms with Crippen molar-refractivity contribution in [3.05, 3.63) is 95.7 Å². The summed E-state index contributed by atoms with van der Waals surface area (Å²) in [6.45, 7) is 1.79. The molecule has 1 heterocycles. The second-order valence-corrected chi connectivity index (χ2v) is 9.15. The molecular formula is C25H20N4O3S. The lowest BCUT2D eigenvalue weighted by molar-refractivity contribution is -0.115. The predicted molar refractivity (Wildman–Crippen MR) is 127 cm³/mol. The first-order valence-electron chi connectivity index (χ1n) is 10.1. The van der Waals surface area contributed by atoms with Gasteiger partial charge in [0.2, 0.25) is 5.91 Å². The van der Waals surface area contributed by atoms with E-state index in [1.807, 2.05) is 6.07 Å². The number of nitrogens with zero attached hydrogens (tertiary/aromatic N) is 2. The number of pyridine rings is 1. The molecule has 1 amide bonds. The number of carbonyl (C=O) groups is 1. The van der Waals surface area contributed by atoms with Gasteiger partial charge in [0.15, 0.2) is 0 Å². The summed E-state index contributed by atoms with van der Waals surface area (Å²) < 4.78 is 28.6. The van der Waals surface area contributed by atoms with Gasteiger partial charge in [0.1, 0.15) is 4.90 Å². The quantitative estimate of drug-likeness (QED) is 0.447. The van der Waals surface area contributed by atoms with Gasteiger partial charge < -0.3 is 5.32 Å². The van der Waals surface area contributed by atoms with Gasteiger partial charge in [-0.15, -0.1) is 0 Å². The number of amides is 1. The number of carbonyl (C=O) groups excluding carboxylic acids is 1. The summed E-state index contributed by atoms with van der Waals surface area (Å²) in [4.78, 5) is 16.7. The molecule has 0 spiro atoms. The number of para-hydroxylation sites is 1. The summed E-state index contributed by atoms with van der Waals surface area (Å²) in [5.74, 6) is -0.210. The number of benzene rings is 3. The number of fused-ring (bicyclic) bond motifs is 1. The fraction of sp³-hybridized carbons (Fsp3) is 0.0800. The lowest BCUT2D eigenvalue weighted by Crippen LogP contribution is -2.16. The van der Waals surface area contributed by atoms with Crippen LogP contribution < -0.4 is 10.0 Å². The van der Waals surface area contributed by atoms with Crippen molar-refractivity contribution in [1.29, 1.82) is 5.26 Å². The molecule has 0 unspecified atom stereocenters. The number of rotatable bonds is 6. The zero-order valence-corrected chi connectivity index (χ0v) is 18.6. The number of aryl methyl sites for hydroxylation is 1. The number of nitrogens with one attached hydrogen (secondary N) is 2. The standard InChI is InChI=1S/C25H20N4O3S/c1-17-14-21(29-33(31,32)23-6-2-4-20-5-3-13-27-25(20)23)11-12-22(17)28-24(30)15-18-7-9-19(16-26)10-8-18/h2-14,29H,15H2,1H3,(H,28,30). The highest BCUT2D eigenvalue weighted by Crippen LogP contribution is 2.25. The molecule has 33 heavy (non-hydrogen) atoms. The van der Waals surface area contributed by atoms with Gasteiger partial charge in [0, 0.05) is 23.0 Å². The summed E-state index contributed by atoms with van der Waals surface area (Å²) >= 11 is 0. The van der Waals surface area contributed by atoms with Crippen LogP contribution in [0.3, 0.4) is 0 Å². The first-order chi connectivity index (χ1) is 15.9. The van der Waals surface area contributed by atoms with Crippen LogP contribution in [0.25, 0.3) is 10.9 Å². The SMILES string of the molecule is Cc1cc(NS(=O)(=O)c2cccc3cccnc23)ccc1NC(=O)Cc1ccc(C#N)cc1. The molecule has 7 nitrogen and oxygen atoms in total. The second kappa shape index (κ2) is 9.10. The normalized spacial score (nSPS) is 11.0. The number of sulfonamides is 1. The lowest BCUT2D eigenvalue weighted by Gasteiger charge is -2.13. The van der Waals surface area contributed by atoms with Gasteiger partial charge in [0.25, 0.3) is 10.0 Å². The van der Waals surface area contributed by atoms with Crippen LogP contribution in [-0.2, 0) is 21.2 Å². The van der Waals surface area contributed by atoms with Crippen LogP contribution in [0.5, 0.6) is 0 Å². The van der Waals surface area contributed by atoms with Crippen molar-refractivity contribution in [2.24, 2.45) is 0 Å². The molecular weight excluding hydrogens is 436 g/mol. The number of aromatic nitrogens is 1. The smallest absolute Gasteiger partial charge is 0.264 e. The van der Waals surface area contributed by atoms with Gasteiger partial charge in [-0.25, -0.2) is 8.42 Å². The van der Waals surface area contributed by atoms with Gasteiger partial charge in [-0.3, -0.25) is 14.5 Å². The van der Waals surface area contributed by atoms with E-state index in [0.717, 1.165) is 10.9 Å². The minimum Gasteiger partial charge on any atom is -0.326 e. The van der Waals surface area contributed by atoms with E-state index in [9.17, 15) is 13.2 Å². The van der Waals surface area contributed by atoms with Crippen molar-refractivity contribution >= 4 is 38.2 Å². The fourth-order valence-corrected chi connectivity index (χ4v) is 4.68. The molecule has 2 N–H and O–H groups in total. The first kappa shape index (κ1) is 22.0. The molecule has 0 fully saturated rings. The van der Waals surface area contributed by atoms with E-state index < -0.39 is 10.0 Å². The van der Waals surface area contributed by atoms with Crippen LogP contribution in [-0.4, -0.2) is 19.3 Å². The Morgan fingerprint density at radius 1 is 1.03 bits per heavy atom. The van der Waals surface area contributed by atoms with Gasteiger partial charge >= 0.3 is 0 Å². The van der Waals surface area contributed by atoms with E-state index in [2.05, 4.69) is 15.0 Å². The van der Waals surface area contributed by atoms with Crippen molar-refractivity contribution in [2.45, 2.75) is 18.2 Å². The molecule has 8 heteroatoms. The number of anilines is 2. The highest BCUT2D eigenvalue weighted by atomic mass is 32.2. The average Bonchev–Trinajstić information content (AvgIpc) is 2.80. The summed E-state index contributed by atoms with van der Waals surface area (Å²) in [7, 11) is -3.86. The second-order valence-electron chi connectivity index (χ2n) is 7.50. The van der Waals surface area contributed by atoms with Crippen molar-refractivity contribution in [2.75, 3.05) is 10.0 Å². The molecule has 1 aromatic heterocycles. The molecule has 4 rings (SSSR count). The zero-order valence-electron chi connectivity index (χ0n) is 17.7. The highest BCUT2D eigenvalue weighted by Gasteiger charge is 2.19. The van der Waals surface area contributed by atoms with E-state index >= 15 is 0 Å². The maximum absolute atomic E-state index is 13.0. The molecule has 3 aromatic carbocycles. The van der Waals surface area contributed by atoms with Crippen LogP contribution in [0.15, 0.2) is 83.9 Å². The summed E-state index contributed by atoms with van der Waals surface area (Å²) in [6, 6.07) is 22.3. The van der Waals surface area contributed by atoms with Crippen LogP contribution in [0.4, 0.5) is 11.4 Å². The van der Waals surface area contributed by atoms with Gasteiger partial charge in [-0.1, -0.05) is 30.3 Å². The topological polar surface area (TPSA) is 112 Å². The maximum Gasteiger partial charge on any atom is 0.264 e. The minimum atomic E-state index is -3.86. The van der Waals surface area contributed by atoms with E-state index in [4.69, 9.17) is 5.26 Å². The molecule has 0 aliphatic heterocycles. The number of hydrogen-bond acceptors (Lipinski definition) is 5. The van der Waals surface area contributed by atoms with Crippen molar-refractivity contribution in [3.8, 4) is 6.07 Å². The lowest BCUT2D eigenvalue weighted by atomic mass is 10.1. The van der Waals surface area contributed by atoms with Gasteiger partial charge in [-0.2, -0.15) is 5.26 Å². The third kappa shape index (κ3) is 5.00.